The molecule has 3 aromatic rings. The highest BCUT2D eigenvalue weighted by atomic mass is 35.5. The molecule has 19 heavy (non-hydrogen) atoms. The third-order valence-electron chi connectivity index (χ3n) is 2.33. The van der Waals surface area contributed by atoms with Crippen LogP contribution in [-0.4, -0.2) is 24.8 Å². The van der Waals surface area contributed by atoms with Gasteiger partial charge < -0.3 is 10.4 Å². The smallest absolute Gasteiger partial charge is 0.347 e. The Kier molecular flexibility index (Phi) is 3.05. The Balaban J connectivity index is 2.02. The Hall–Kier alpha value is -1.77. The summed E-state index contributed by atoms with van der Waals surface area (Å²) in [6.45, 7) is 0. The van der Waals surface area contributed by atoms with Gasteiger partial charge in [0.15, 0.2) is 5.13 Å². The minimum Gasteiger partial charge on any atom is -0.477 e. The average Bonchev–Trinajstić information content (AvgIpc) is 3.01. The number of halogens is 1. The minimum absolute atomic E-state index is 0.155. The maximum atomic E-state index is 10.8. The molecule has 3 rings (SSSR count). The number of carboxylic acid groups (broad SMARTS) is 1. The summed E-state index contributed by atoms with van der Waals surface area (Å²) in [4.78, 5) is 14.9. The van der Waals surface area contributed by atoms with Crippen LogP contribution in [0.4, 0.5) is 10.8 Å². The van der Waals surface area contributed by atoms with Crippen LogP contribution < -0.4 is 5.32 Å². The van der Waals surface area contributed by atoms with Gasteiger partial charge in [-0.25, -0.2) is 9.78 Å². The summed E-state index contributed by atoms with van der Waals surface area (Å²) >= 11 is 8.23. The molecule has 0 fully saturated rings. The van der Waals surface area contributed by atoms with Crippen molar-refractivity contribution in [2.75, 3.05) is 5.32 Å². The van der Waals surface area contributed by atoms with E-state index in [1.807, 2.05) is 0 Å². The highest BCUT2D eigenvalue weighted by Gasteiger charge is 2.13. The maximum Gasteiger partial charge on any atom is 0.347 e. The summed E-state index contributed by atoms with van der Waals surface area (Å²) in [5.41, 5.74) is 1.95. The van der Waals surface area contributed by atoms with Crippen LogP contribution in [0.25, 0.3) is 11.0 Å². The van der Waals surface area contributed by atoms with Crippen molar-refractivity contribution in [2.45, 2.75) is 0 Å². The number of benzene rings is 1. The lowest BCUT2D eigenvalue weighted by atomic mass is 10.2. The lowest BCUT2D eigenvalue weighted by molar-refractivity contribution is 0.0702. The molecule has 0 saturated heterocycles. The van der Waals surface area contributed by atoms with E-state index in [4.69, 9.17) is 16.7 Å². The molecule has 6 nitrogen and oxygen atoms in total. The number of rotatable bonds is 3. The van der Waals surface area contributed by atoms with Crippen LogP contribution >= 0.6 is 34.7 Å². The maximum absolute atomic E-state index is 10.8. The van der Waals surface area contributed by atoms with Crippen molar-refractivity contribution in [3.8, 4) is 0 Å². The molecule has 0 spiro atoms. The number of thiazole rings is 1. The van der Waals surface area contributed by atoms with E-state index in [1.54, 1.807) is 12.1 Å². The molecule has 0 atom stereocenters. The Morgan fingerprint density at radius 2 is 2.21 bits per heavy atom. The van der Waals surface area contributed by atoms with E-state index >= 15 is 0 Å². The van der Waals surface area contributed by atoms with E-state index in [0.29, 0.717) is 21.4 Å². The highest BCUT2D eigenvalue weighted by Crippen LogP contribution is 2.33. The van der Waals surface area contributed by atoms with Crippen molar-refractivity contribution in [1.29, 1.82) is 0 Å². The molecule has 2 N–H and O–H groups in total. The van der Waals surface area contributed by atoms with E-state index < -0.39 is 5.97 Å². The molecule has 0 aliphatic heterocycles. The molecule has 0 aliphatic rings. The molecule has 2 heterocycles. The first-order valence-corrected chi connectivity index (χ1v) is 6.94. The normalized spacial score (nSPS) is 10.8. The summed E-state index contributed by atoms with van der Waals surface area (Å²) < 4.78 is 8.28. The third-order valence-corrected chi connectivity index (χ3v) is 4.08. The lowest BCUT2D eigenvalue weighted by Crippen LogP contribution is -1.92. The molecule has 96 valence electrons. The summed E-state index contributed by atoms with van der Waals surface area (Å²) in [6, 6.07) is 3.48. The van der Waals surface area contributed by atoms with E-state index in [0.717, 1.165) is 28.6 Å². The van der Waals surface area contributed by atoms with Gasteiger partial charge in [0.2, 0.25) is 0 Å². The van der Waals surface area contributed by atoms with E-state index in [1.165, 1.54) is 6.20 Å². The first-order chi connectivity index (χ1) is 9.15. The lowest BCUT2D eigenvalue weighted by Gasteiger charge is -2.05. The molecule has 9 heteroatoms. The van der Waals surface area contributed by atoms with Gasteiger partial charge in [-0.15, -0.1) is 0 Å². The largest absolute Gasteiger partial charge is 0.477 e. The summed E-state index contributed by atoms with van der Waals surface area (Å²) in [5, 5.41) is 12.8. The predicted octanol–water partition coefficient (Wildman–Crippen LogP) is 3.24. The Bertz CT molecular complexity index is 770. The number of nitrogens with one attached hydrogen (secondary N) is 1. The van der Waals surface area contributed by atoms with E-state index in [9.17, 15) is 4.79 Å². The van der Waals surface area contributed by atoms with E-state index in [-0.39, 0.29) is 4.88 Å². The molecule has 0 amide bonds. The molecular formula is C10H5ClN4O2S2. The first-order valence-electron chi connectivity index (χ1n) is 5.02. The molecule has 0 unspecified atom stereocenters. The van der Waals surface area contributed by atoms with Gasteiger partial charge in [-0.1, -0.05) is 22.9 Å². The molecule has 0 bridgehead atoms. The second kappa shape index (κ2) is 4.72. The van der Waals surface area contributed by atoms with Gasteiger partial charge in [-0.05, 0) is 12.1 Å². The number of aromatic nitrogens is 3. The number of hydrogen-bond donors (Lipinski definition) is 2. The number of anilines is 2. The van der Waals surface area contributed by atoms with Gasteiger partial charge >= 0.3 is 5.97 Å². The van der Waals surface area contributed by atoms with Crippen molar-refractivity contribution >= 4 is 62.5 Å². The summed E-state index contributed by atoms with van der Waals surface area (Å²) in [7, 11) is 0. The summed E-state index contributed by atoms with van der Waals surface area (Å²) in [6.07, 6.45) is 1.29. The summed E-state index contributed by atoms with van der Waals surface area (Å²) in [5.74, 6) is -1.01. The third kappa shape index (κ3) is 2.25. The standard InChI is InChI=1S/C10H5ClN4O2S2/c11-4-1-2-5-8(15-19-14-5)7(4)13-10-12-3-6(18-10)9(16)17/h1-3H,(H,12,13)(H,16,17). The number of carbonyl (C=O) groups is 1. The first kappa shape index (κ1) is 12.3. The van der Waals surface area contributed by atoms with Crippen LogP contribution in [0.3, 0.4) is 0 Å². The van der Waals surface area contributed by atoms with Crippen molar-refractivity contribution in [3.05, 3.63) is 28.2 Å². The SMILES string of the molecule is O=C(O)c1cnc(Nc2c(Cl)ccc3nsnc23)s1. The van der Waals surface area contributed by atoms with Crippen molar-refractivity contribution < 1.29 is 9.90 Å². The zero-order valence-corrected chi connectivity index (χ0v) is 11.5. The van der Waals surface area contributed by atoms with Crippen LogP contribution in [0.5, 0.6) is 0 Å². The van der Waals surface area contributed by atoms with Crippen LogP contribution in [0.15, 0.2) is 18.3 Å². The molecule has 1 aromatic carbocycles. The quantitative estimate of drug-likeness (QED) is 0.772. The van der Waals surface area contributed by atoms with Gasteiger partial charge in [0.05, 0.1) is 28.6 Å². The van der Waals surface area contributed by atoms with Gasteiger partial charge in [-0.2, -0.15) is 8.75 Å². The highest BCUT2D eigenvalue weighted by molar-refractivity contribution is 7.17. The number of fused-ring (bicyclic) bond motifs is 1. The molecule has 2 aromatic heterocycles. The fourth-order valence-corrected chi connectivity index (χ4v) is 2.89. The average molecular weight is 313 g/mol. The van der Waals surface area contributed by atoms with Crippen molar-refractivity contribution in [2.24, 2.45) is 0 Å². The van der Waals surface area contributed by atoms with Crippen LogP contribution in [0.1, 0.15) is 9.67 Å². The van der Waals surface area contributed by atoms with Gasteiger partial charge in [-0.3, -0.25) is 0 Å². The van der Waals surface area contributed by atoms with Gasteiger partial charge in [0, 0.05) is 0 Å². The zero-order chi connectivity index (χ0) is 13.4. The zero-order valence-electron chi connectivity index (χ0n) is 9.12. The van der Waals surface area contributed by atoms with Crippen LogP contribution in [0.2, 0.25) is 5.02 Å². The van der Waals surface area contributed by atoms with Crippen LogP contribution in [-0.2, 0) is 0 Å². The van der Waals surface area contributed by atoms with E-state index in [2.05, 4.69) is 19.0 Å². The monoisotopic (exact) mass is 312 g/mol. The van der Waals surface area contributed by atoms with Gasteiger partial charge in [0.25, 0.3) is 0 Å². The second-order valence-electron chi connectivity index (χ2n) is 3.51. The number of aromatic carboxylic acids is 1. The second-order valence-corrected chi connectivity index (χ2v) is 5.48. The number of carboxylic acids is 1. The van der Waals surface area contributed by atoms with Crippen LogP contribution in [0, 0.1) is 0 Å². The molecule has 0 radical (unpaired) electrons. The Morgan fingerprint density at radius 3 is 2.95 bits per heavy atom. The molecular weight excluding hydrogens is 308 g/mol. The predicted molar refractivity (Wildman–Crippen MR) is 74.8 cm³/mol. The number of hydrogen-bond acceptors (Lipinski definition) is 7. The minimum atomic E-state index is -1.01. The topological polar surface area (TPSA) is 88.0 Å². The Labute approximate surface area is 120 Å². The number of nitrogens with zero attached hydrogens (tertiary/aromatic N) is 3. The molecule has 0 aliphatic carbocycles. The molecule has 0 saturated carbocycles. The van der Waals surface area contributed by atoms with Crippen molar-refractivity contribution in [3.63, 3.8) is 0 Å². The fourth-order valence-electron chi connectivity index (χ4n) is 1.48. The van der Waals surface area contributed by atoms with Gasteiger partial charge in [0.1, 0.15) is 15.9 Å². The Morgan fingerprint density at radius 1 is 1.37 bits per heavy atom. The fraction of sp³-hybridized carbons (Fsp3) is 0. The van der Waals surface area contributed by atoms with Crippen molar-refractivity contribution in [1.82, 2.24) is 13.7 Å².